The summed E-state index contributed by atoms with van der Waals surface area (Å²) in [6.45, 7) is 8.98. The number of rotatable bonds is 7. The molecule has 114 valence electrons. The number of ether oxygens (including phenoxy) is 1. The molecule has 1 unspecified atom stereocenters. The number of aryl methyl sites for hydroxylation is 2. The van der Waals surface area contributed by atoms with Crippen molar-refractivity contribution in [1.82, 2.24) is 14.5 Å². The van der Waals surface area contributed by atoms with Crippen LogP contribution in [0.2, 0.25) is 0 Å². The molecule has 2 heterocycles. The second kappa shape index (κ2) is 7.64. The molecule has 5 nitrogen and oxygen atoms in total. The molecule has 1 aromatic rings. The standard InChI is InChI=1S/C15H28N4O/c1-4-20-10-6-9-19-11-13(2)16-15(19)17-14-7-5-8-18(3)12-14/h11,14H,4-10,12H2,1-3H3,(H,16,17). The highest BCUT2D eigenvalue weighted by molar-refractivity contribution is 5.30. The van der Waals surface area contributed by atoms with Gasteiger partial charge in [-0.05, 0) is 46.7 Å². The average molecular weight is 280 g/mol. The van der Waals surface area contributed by atoms with Crippen molar-refractivity contribution in [2.24, 2.45) is 0 Å². The van der Waals surface area contributed by atoms with E-state index >= 15 is 0 Å². The van der Waals surface area contributed by atoms with Crippen molar-refractivity contribution in [3.05, 3.63) is 11.9 Å². The van der Waals surface area contributed by atoms with Crippen LogP contribution >= 0.6 is 0 Å². The number of likely N-dealkylation sites (tertiary alicyclic amines) is 1. The minimum Gasteiger partial charge on any atom is -0.382 e. The maximum Gasteiger partial charge on any atom is 0.203 e. The van der Waals surface area contributed by atoms with Gasteiger partial charge in [-0.25, -0.2) is 4.98 Å². The van der Waals surface area contributed by atoms with Gasteiger partial charge in [-0.15, -0.1) is 0 Å². The minimum absolute atomic E-state index is 0.515. The molecule has 0 aliphatic carbocycles. The first-order valence-corrected chi connectivity index (χ1v) is 7.75. The monoisotopic (exact) mass is 280 g/mol. The highest BCUT2D eigenvalue weighted by Crippen LogP contribution is 2.16. The van der Waals surface area contributed by atoms with E-state index in [9.17, 15) is 0 Å². The van der Waals surface area contributed by atoms with E-state index in [2.05, 4.69) is 39.9 Å². The molecule has 1 N–H and O–H groups in total. The molecule has 0 radical (unpaired) electrons. The average Bonchev–Trinajstić information content (AvgIpc) is 2.75. The number of anilines is 1. The second-order valence-electron chi connectivity index (χ2n) is 5.70. The normalized spacial score (nSPS) is 20.2. The lowest BCUT2D eigenvalue weighted by molar-refractivity contribution is 0.141. The van der Waals surface area contributed by atoms with Gasteiger partial charge < -0.3 is 19.5 Å². The van der Waals surface area contributed by atoms with Crippen LogP contribution in [0.25, 0.3) is 0 Å². The van der Waals surface area contributed by atoms with Crippen LogP contribution in [0.15, 0.2) is 6.20 Å². The van der Waals surface area contributed by atoms with Gasteiger partial charge in [0.1, 0.15) is 0 Å². The van der Waals surface area contributed by atoms with Crippen molar-refractivity contribution in [1.29, 1.82) is 0 Å². The van der Waals surface area contributed by atoms with Crippen LogP contribution in [-0.2, 0) is 11.3 Å². The maximum atomic E-state index is 5.41. The molecule has 2 rings (SSSR count). The number of piperidine rings is 1. The number of nitrogens with zero attached hydrogens (tertiary/aromatic N) is 3. The maximum absolute atomic E-state index is 5.41. The first-order valence-electron chi connectivity index (χ1n) is 7.75. The molecule has 0 amide bonds. The highest BCUT2D eigenvalue weighted by atomic mass is 16.5. The third-order valence-electron chi connectivity index (χ3n) is 3.75. The van der Waals surface area contributed by atoms with E-state index in [0.717, 1.165) is 44.4 Å². The van der Waals surface area contributed by atoms with Gasteiger partial charge in [0, 0.05) is 38.5 Å². The lowest BCUT2D eigenvalue weighted by Crippen LogP contribution is -2.40. The van der Waals surface area contributed by atoms with E-state index < -0.39 is 0 Å². The summed E-state index contributed by atoms with van der Waals surface area (Å²) in [5.41, 5.74) is 1.08. The number of imidazole rings is 1. The summed E-state index contributed by atoms with van der Waals surface area (Å²) in [5, 5.41) is 3.61. The summed E-state index contributed by atoms with van der Waals surface area (Å²) in [4.78, 5) is 7.01. The lowest BCUT2D eigenvalue weighted by Gasteiger charge is -2.30. The SMILES string of the molecule is CCOCCCn1cc(C)nc1NC1CCCN(C)C1. The van der Waals surface area contributed by atoms with Crippen molar-refractivity contribution in [2.45, 2.75) is 45.7 Å². The molecule has 1 atom stereocenters. The van der Waals surface area contributed by atoms with Gasteiger partial charge in [0.2, 0.25) is 5.95 Å². The Kier molecular flexibility index (Phi) is 5.86. The topological polar surface area (TPSA) is 42.3 Å². The summed E-state index contributed by atoms with van der Waals surface area (Å²) in [5.74, 6) is 1.01. The Hall–Kier alpha value is -1.07. The number of nitrogens with one attached hydrogen (secondary N) is 1. The largest absolute Gasteiger partial charge is 0.382 e. The Morgan fingerprint density at radius 3 is 3.10 bits per heavy atom. The fraction of sp³-hybridized carbons (Fsp3) is 0.800. The predicted octanol–water partition coefficient (Wildman–Crippen LogP) is 2.12. The molecule has 1 aliphatic rings. The summed E-state index contributed by atoms with van der Waals surface area (Å²) < 4.78 is 7.63. The van der Waals surface area contributed by atoms with E-state index in [4.69, 9.17) is 4.74 Å². The first-order chi connectivity index (χ1) is 9.69. The van der Waals surface area contributed by atoms with Crippen LogP contribution in [0.3, 0.4) is 0 Å². The molecule has 5 heteroatoms. The summed E-state index contributed by atoms with van der Waals surface area (Å²) in [7, 11) is 2.19. The summed E-state index contributed by atoms with van der Waals surface area (Å²) in [6, 6.07) is 0.515. The van der Waals surface area contributed by atoms with Crippen LogP contribution in [0.1, 0.15) is 31.9 Å². The molecule has 1 saturated heterocycles. The van der Waals surface area contributed by atoms with Crippen LogP contribution in [-0.4, -0.2) is 53.8 Å². The van der Waals surface area contributed by atoms with E-state index in [1.54, 1.807) is 0 Å². The Bertz CT molecular complexity index is 405. The minimum atomic E-state index is 0.515. The van der Waals surface area contributed by atoms with Gasteiger partial charge in [-0.3, -0.25) is 0 Å². The zero-order chi connectivity index (χ0) is 14.4. The first kappa shape index (κ1) is 15.3. The lowest BCUT2D eigenvalue weighted by atomic mass is 10.1. The van der Waals surface area contributed by atoms with Gasteiger partial charge in [-0.1, -0.05) is 0 Å². The Balaban J connectivity index is 1.89. The number of hydrogen-bond donors (Lipinski definition) is 1. The van der Waals surface area contributed by atoms with Crippen LogP contribution in [0, 0.1) is 6.92 Å². The van der Waals surface area contributed by atoms with Crippen molar-refractivity contribution < 1.29 is 4.74 Å². The third kappa shape index (κ3) is 4.49. The quantitative estimate of drug-likeness (QED) is 0.777. The van der Waals surface area contributed by atoms with Crippen molar-refractivity contribution in [3.8, 4) is 0 Å². The molecule has 0 aromatic carbocycles. The highest BCUT2D eigenvalue weighted by Gasteiger charge is 2.18. The zero-order valence-corrected chi connectivity index (χ0v) is 13.1. The molecule has 0 saturated carbocycles. The molecule has 20 heavy (non-hydrogen) atoms. The molecule has 1 aromatic heterocycles. The van der Waals surface area contributed by atoms with Gasteiger partial charge in [0.15, 0.2) is 0 Å². The molecule has 0 spiro atoms. The molecular formula is C15H28N4O. The van der Waals surface area contributed by atoms with E-state index in [0.29, 0.717) is 6.04 Å². The summed E-state index contributed by atoms with van der Waals surface area (Å²) >= 11 is 0. The zero-order valence-electron chi connectivity index (χ0n) is 13.1. The number of likely N-dealkylation sites (N-methyl/N-ethyl adjacent to an activating group) is 1. The summed E-state index contributed by atoms with van der Waals surface area (Å²) in [6.07, 6.45) is 5.65. The number of aromatic nitrogens is 2. The Labute approximate surface area is 122 Å². The van der Waals surface area contributed by atoms with Crippen molar-refractivity contribution >= 4 is 5.95 Å². The Morgan fingerprint density at radius 2 is 2.35 bits per heavy atom. The fourth-order valence-corrected chi connectivity index (χ4v) is 2.78. The molecule has 1 aliphatic heterocycles. The fourth-order valence-electron chi connectivity index (χ4n) is 2.78. The van der Waals surface area contributed by atoms with Crippen LogP contribution in [0.4, 0.5) is 5.95 Å². The number of hydrogen-bond acceptors (Lipinski definition) is 4. The second-order valence-corrected chi connectivity index (χ2v) is 5.70. The van der Waals surface area contributed by atoms with E-state index in [1.165, 1.54) is 19.4 Å². The van der Waals surface area contributed by atoms with Gasteiger partial charge in [0.05, 0.1) is 5.69 Å². The Morgan fingerprint density at radius 1 is 1.50 bits per heavy atom. The van der Waals surface area contributed by atoms with Gasteiger partial charge in [-0.2, -0.15) is 0 Å². The molecule has 0 bridgehead atoms. The van der Waals surface area contributed by atoms with Crippen LogP contribution in [0.5, 0.6) is 0 Å². The van der Waals surface area contributed by atoms with Crippen LogP contribution < -0.4 is 5.32 Å². The van der Waals surface area contributed by atoms with Crippen molar-refractivity contribution in [2.75, 3.05) is 38.7 Å². The molecular weight excluding hydrogens is 252 g/mol. The van der Waals surface area contributed by atoms with E-state index in [1.807, 2.05) is 6.92 Å². The van der Waals surface area contributed by atoms with Crippen molar-refractivity contribution in [3.63, 3.8) is 0 Å². The van der Waals surface area contributed by atoms with Gasteiger partial charge in [0.25, 0.3) is 0 Å². The third-order valence-corrected chi connectivity index (χ3v) is 3.75. The molecule has 1 fully saturated rings. The van der Waals surface area contributed by atoms with Gasteiger partial charge >= 0.3 is 0 Å². The smallest absolute Gasteiger partial charge is 0.203 e. The predicted molar refractivity (Wildman–Crippen MR) is 82.2 cm³/mol. The van der Waals surface area contributed by atoms with E-state index in [-0.39, 0.29) is 0 Å².